The lowest BCUT2D eigenvalue weighted by Crippen LogP contribution is -2.15. The van der Waals surface area contributed by atoms with Gasteiger partial charge in [0.05, 0.1) is 24.5 Å². The van der Waals surface area contributed by atoms with Crippen molar-refractivity contribution in [2.75, 3.05) is 18.5 Å². The van der Waals surface area contributed by atoms with Gasteiger partial charge >= 0.3 is 0 Å². The molecule has 2 aromatic carbocycles. The van der Waals surface area contributed by atoms with Gasteiger partial charge in [-0.05, 0) is 60.2 Å². The lowest BCUT2D eigenvalue weighted by Gasteiger charge is -2.14. The molecule has 2 N–H and O–H groups in total. The summed E-state index contributed by atoms with van der Waals surface area (Å²) in [5.74, 6) is -0.828. The highest BCUT2D eigenvalue weighted by Gasteiger charge is 2.18. The topological polar surface area (TPSA) is 79.9 Å². The first kappa shape index (κ1) is 22.9. The number of amides is 1. The SMILES string of the molecule is Cc1c(NC(=O)c2ccc(C(C)C)cc2F)cccc1-c1ncnc2[nH]c(C3=CCOCC3)cc12. The fourth-order valence-corrected chi connectivity index (χ4v) is 4.39. The number of anilines is 1. The van der Waals surface area contributed by atoms with E-state index >= 15 is 0 Å². The molecule has 178 valence electrons. The zero-order valence-electron chi connectivity index (χ0n) is 20.0. The van der Waals surface area contributed by atoms with E-state index < -0.39 is 11.7 Å². The van der Waals surface area contributed by atoms with Crippen LogP contribution in [0.4, 0.5) is 10.1 Å². The number of fused-ring (bicyclic) bond motifs is 1. The highest BCUT2D eigenvalue weighted by atomic mass is 19.1. The largest absolute Gasteiger partial charge is 0.377 e. The minimum Gasteiger partial charge on any atom is -0.377 e. The number of carbonyl (C=O) groups excluding carboxylic acids is 1. The van der Waals surface area contributed by atoms with E-state index in [1.807, 2.05) is 39.0 Å². The Balaban J connectivity index is 1.48. The highest BCUT2D eigenvalue weighted by Crippen LogP contribution is 2.34. The van der Waals surface area contributed by atoms with Crippen LogP contribution in [0.3, 0.4) is 0 Å². The molecule has 1 aliphatic heterocycles. The van der Waals surface area contributed by atoms with E-state index in [1.54, 1.807) is 12.1 Å². The molecule has 2 aromatic heterocycles. The number of H-pyrrole nitrogens is 1. The van der Waals surface area contributed by atoms with Crippen LogP contribution in [0.25, 0.3) is 27.9 Å². The Bertz CT molecular complexity index is 1450. The molecule has 0 unspecified atom stereocenters. The van der Waals surface area contributed by atoms with Gasteiger partial charge in [0, 0.05) is 22.3 Å². The molecule has 0 bridgehead atoms. The third-order valence-electron chi connectivity index (χ3n) is 6.48. The number of halogens is 1. The van der Waals surface area contributed by atoms with Gasteiger partial charge in [0.2, 0.25) is 0 Å². The van der Waals surface area contributed by atoms with Crippen molar-refractivity contribution in [1.82, 2.24) is 15.0 Å². The summed E-state index contributed by atoms with van der Waals surface area (Å²) < 4.78 is 20.1. The van der Waals surface area contributed by atoms with Crippen LogP contribution in [0.5, 0.6) is 0 Å². The van der Waals surface area contributed by atoms with Crippen LogP contribution in [-0.2, 0) is 4.74 Å². The van der Waals surface area contributed by atoms with Crippen molar-refractivity contribution >= 4 is 28.2 Å². The predicted molar refractivity (Wildman–Crippen MR) is 136 cm³/mol. The second-order valence-corrected chi connectivity index (χ2v) is 9.05. The number of rotatable bonds is 5. The maximum Gasteiger partial charge on any atom is 0.258 e. The van der Waals surface area contributed by atoms with Gasteiger partial charge in [-0.25, -0.2) is 14.4 Å². The molecule has 3 heterocycles. The van der Waals surface area contributed by atoms with Gasteiger partial charge in [0.1, 0.15) is 17.8 Å². The van der Waals surface area contributed by atoms with Gasteiger partial charge in [0.15, 0.2) is 0 Å². The first-order valence-corrected chi connectivity index (χ1v) is 11.7. The minimum atomic E-state index is -0.526. The van der Waals surface area contributed by atoms with E-state index in [1.165, 1.54) is 18.0 Å². The van der Waals surface area contributed by atoms with E-state index in [2.05, 4.69) is 32.4 Å². The maximum atomic E-state index is 14.6. The Morgan fingerprint density at radius 1 is 1.17 bits per heavy atom. The van der Waals surface area contributed by atoms with Gasteiger partial charge < -0.3 is 15.0 Å². The molecule has 1 amide bonds. The van der Waals surface area contributed by atoms with Crippen molar-refractivity contribution in [2.45, 2.75) is 33.1 Å². The number of ether oxygens (including phenoxy) is 1. The van der Waals surface area contributed by atoms with Crippen LogP contribution in [-0.4, -0.2) is 34.1 Å². The van der Waals surface area contributed by atoms with E-state index in [4.69, 9.17) is 4.74 Å². The number of aromatic amines is 1. The summed E-state index contributed by atoms with van der Waals surface area (Å²) in [6, 6.07) is 12.5. The Labute approximate surface area is 203 Å². The Morgan fingerprint density at radius 3 is 2.77 bits per heavy atom. The van der Waals surface area contributed by atoms with Crippen molar-refractivity contribution in [2.24, 2.45) is 0 Å². The Morgan fingerprint density at radius 2 is 2.03 bits per heavy atom. The van der Waals surface area contributed by atoms with Gasteiger partial charge in [-0.1, -0.05) is 38.1 Å². The summed E-state index contributed by atoms with van der Waals surface area (Å²) in [5, 5.41) is 3.78. The fraction of sp³-hybridized carbons (Fsp3) is 0.250. The zero-order chi connectivity index (χ0) is 24.5. The monoisotopic (exact) mass is 470 g/mol. The standard InChI is InChI=1S/C28H27FN4O2/c1-16(2)19-7-8-21(23(29)13-19)28(34)33-24-6-4-5-20(17(24)3)26-22-14-25(18-9-11-35-12-10-18)32-27(22)31-15-30-26/h4-9,13-16H,10-12H2,1-3H3,(H,33,34)(H,30,31,32). The minimum absolute atomic E-state index is 0.0173. The first-order chi connectivity index (χ1) is 16.9. The Hall–Kier alpha value is -3.84. The molecular formula is C28H27FN4O2. The molecule has 0 atom stereocenters. The average molecular weight is 471 g/mol. The van der Waals surface area contributed by atoms with E-state index in [0.717, 1.165) is 45.5 Å². The van der Waals surface area contributed by atoms with E-state index in [-0.39, 0.29) is 11.5 Å². The molecule has 4 aromatic rings. The predicted octanol–water partition coefficient (Wildman–Crippen LogP) is 6.25. The first-order valence-electron chi connectivity index (χ1n) is 11.7. The molecule has 1 aliphatic rings. The maximum absolute atomic E-state index is 14.6. The van der Waals surface area contributed by atoms with Crippen LogP contribution >= 0.6 is 0 Å². The third-order valence-corrected chi connectivity index (χ3v) is 6.48. The van der Waals surface area contributed by atoms with Crippen molar-refractivity contribution in [1.29, 1.82) is 0 Å². The lowest BCUT2D eigenvalue weighted by atomic mass is 10.00. The number of nitrogens with one attached hydrogen (secondary N) is 2. The molecule has 7 heteroatoms. The van der Waals surface area contributed by atoms with Crippen LogP contribution in [0, 0.1) is 12.7 Å². The molecule has 6 nitrogen and oxygen atoms in total. The Kier molecular flexibility index (Phi) is 6.17. The fourth-order valence-electron chi connectivity index (χ4n) is 4.39. The molecule has 0 spiro atoms. The number of carbonyl (C=O) groups is 1. The average Bonchev–Trinajstić information content (AvgIpc) is 3.30. The number of nitrogens with zero attached hydrogens (tertiary/aromatic N) is 2. The molecule has 0 aliphatic carbocycles. The summed E-state index contributed by atoms with van der Waals surface area (Å²) in [5.41, 5.74) is 6.91. The van der Waals surface area contributed by atoms with Crippen molar-refractivity contribution in [3.63, 3.8) is 0 Å². The quantitative estimate of drug-likeness (QED) is 0.361. The number of aromatic nitrogens is 3. The second kappa shape index (κ2) is 9.43. The van der Waals surface area contributed by atoms with Crippen molar-refractivity contribution in [3.8, 4) is 11.3 Å². The summed E-state index contributed by atoms with van der Waals surface area (Å²) in [4.78, 5) is 25.3. The number of benzene rings is 2. The number of hydrogen-bond acceptors (Lipinski definition) is 4. The summed E-state index contributed by atoms with van der Waals surface area (Å²) in [6.07, 6.45) is 4.45. The van der Waals surface area contributed by atoms with Crippen LogP contribution in [0.1, 0.15) is 53.4 Å². The smallest absolute Gasteiger partial charge is 0.258 e. The summed E-state index contributed by atoms with van der Waals surface area (Å²) in [7, 11) is 0. The third kappa shape index (κ3) is 4.47. The summed E-state index contributed by atoms with van der Waals surface area (Å²) >= 11 is 0. The zero-order valence-corrected chi connectivity index (χ0v) is 20.0. The van der Waals surface area contributed by atoms with Crippen molar-refractivity contribution < 1.29 is 13.9 Å². The van der Waals surface area contributed by atoms with Crippen LogP contribution in [0.2, 0.25) is 0 Å². The van der Waals surface area contributed by atoms with Gasteiger partial charge in [0.25, 0.3) is 5.91 Å². The van der Waals surface area contributed by atoms with E-state index in [9.17, 15) is 9.18 Å². The lowest BCUT2D eigenvalue weighted by molar-refractivity contribution is 0.102. The second-order valence-electron chi connectivity index (χ2n) is 9.05. The number of hydrogen-bond donors (Lipinski definition) is 2. The summed E-state index contributed by atoms with van der Waals surface area (Å²) in [6.45, 7) is 7.20. The van der Waals surface area contributed by atoms with Crippen LogP contribution in [0.15, 0.2) is 54.9 Å². The van der Waals surface area contributed by atoms with Gasteiger partial charge in [-0.15, -0.1) is 0 Å². The molecule has 35 heavy (non-hydrogen) atoms. The van der Waals surface area contributed by atoms with Gasteiger partial charge in [-0.3, -0.25) is 4.79 Å². The molecule has 0 radical (unpaired) electrons. The molecule has 0 fully saturated rings. The van der Waals surface area contributed by atoms with Crippen molar-refractivity contribution in [3.05, 3.63) is 83.1 Å². The van der Waals surface area contributed by atoms with Crippen LogP contribution < -0.4 is 5.32 Å². The normalized spacial score (nSPS) is 13.8. The highest BCUT2D eigenvalue weighted by molar-refractivity contribution is 6.05. The van der Waals surface area contributed by atoms with Gasteiger partial charge in [-0.2, -0.15) is 0 Å². The molecule has 0 saturated heterocycles. The molecular weight excluding hydrogens is 443 g/mol. The molecule has 0 saturated carbocycles. The molecule has 5 rings (SSSR count). The van der Waals surface area contributed by atoms with E-state index in [0.29, 0.717) is 18.9 Å².